The van der Waals surface area contributed by atoms with E-state index in [9.17, 15) is 4.79 Å². The Balaban J connectivity index is 1.93. The van der Waals surface area contributed by atoms with Crippen molar-refractivity contribution in [3.63, 3.8) is 0 Å². The summed E-state index contributed by atoms with van der Waals surface area (Å²) in [6.45, 7) is 9.51. The fourth-order valence-electron chi connectivity index (χ4n) is 3.93. The number of benzene rings is 1. The number of hydrogen-bond donors (Lipinski definition) is 0. The molecule has 1 aromatic carbocycles. The normalized spacial score (nSPS) is 11.5. The molecule has 1 aromatic heterocycles. The smallest absolute Gasteiger partial charge is 0.383 e. The van der Waals surface area contributed by atoms with E-state index in [1.54, 1.807) is 13.2 Å². The van der Waals surface area contributed by atoms with Crippen molar-refractivity contribution in [1.82, 2.24) is 0 Å². The highest BCUT2D eigenvalue weighted by molar-refractivity contribution is 5.86. The number of unbranched alkanes of at least 4 members (excludes halogenated alkanes) is 7. The fourth-order valence-corrected chi connectivity index (χ4v) is 3.93. The Hall–Kier alpha value is -2.69. The van der Waals surface area contributed by atoms with E-state index in [0.29, 0.717) is 35.7 Å². The van der Waals surface area contributed by atoms with Crippen LogP contribution in [-0.4, -0.2) is 20.3 Å². The lowest BCUT2D eigenvalue weighted by atomic mass is 10.1. The second kappa shape index (κ2) is 16.1. The van der Waals surface area contributed by atoms with E-state index < -0.39 is 5.63 Å². The third-order valence-corrected chi connectivity index (χ3v) is 6.01. The zero-order valence-electron chi connectivity index (χ0n) is 22.4. The first-order valence-electron chi connectivity index (χ1n) is 13.2. The van der Waals surface area contributed by atoms with E-state index in [0.717, 1.165) is 25.7 Å². The average Bonchev–Trinajstić information content (AvgIpc) is 2.82. The van der Waals surface area contributed by atoms with Gasteiger partial charge in [-0.3, -0.25) is 0 Å². The summed E-state index contributed by atoms with van der Waals surface area (Å²) < 4.78 is 22.8. The molecule has 0 aliphatic heterocycles. The van der Waals surface area contributed by atoms with E-state index >= 15 is 0 Å². The minimum atomic E-state index is -0.527. The molecule has 5 nitrogen and oxygen atoms in total. The minimum absolute atomic E-state index is 0.145. The quantitative estimate of drug-likeness (QED) is 0.128. The first-order valence-corrected chi connectivity index (χ1v) is 13.2. The maximum absolute atomic E-state index is 12.6. The Labute approximate surface area is 211 Å². The maximum atomic E-state index is 12.6. The molecule has 0 amide bonds. The van der Waals surface area contributed by atoms with Crippen molar-refractivity contribution >= 4 is 11.0 Å². The van der Waals surface area contributed by atoms with Gasteiger partial charge in [-0.1, -0.05) is 69.1 Å². The van der Waals surface area contributed by atoms with E-state index in [1.807, 2.05) is 12.1 Å². The molecule has 0 spiro atoms. The van der Waals surface area contributed by atoms with Crippen LogP contribution in [0.3, 0.4) is 0 Å². The number of rotatable bonds is 17. The number of fused-ring (bicyclic) bond motifs is 1. The molecule has 0 aliphatic rings. The lowest BCUT2D eigenvalue weighted by Crippen LogP contribution is -2.10. The summed E-state index contributed by atoms with van der Waals surface area (Å²) in [6.07, 6.45) is 16.0. The fraction of sp³-hybridized carbons (Fsp3) is 0.567. The van der Waals surface area contributed by atoms with Crippen LogP contribution in [0.2, 0.25) is 0 Å². The molecule has 0 N–H and O–H groups in total. The Morgan fingerprint density at radius 2 is 1.63 bits per heavy atom. The second-order valence-corrected chi connectivity index (χ2v) is 9.41. The lowest BCUT2D eigenvalue weighted by molar-refractivity contribution is 0.272. The predicted molar refractivity (Wildman–Crippen MR) is 145 cm³/mol. The van der Waals surface area contributed by atoms with Crippen LogP contribution >= 0.6 is 0 Å². The van der Waals surface area contributed by atoms with Crippen LogP contribution in [0.1, 0.15) is 91.9 Å². The predicted octanol–water partition coefficient (Wildman–Crippen LogP) is 8.39. The van der Waals surface area contributed by atoms with Gasteiger partial charge < -0.3 is 18.6 Å². The van der Waals surface area contributed by atoms with Crippen LogP contribution in [0.5, 0.6) is 17.2 Å². The van der Waals surface area contributed by atoms with E-state index in [2.05, 4.69) is 39.8 Å². The van der Waals surface area contributed by atoms with Gasteiger partial charge in [0.2, 0.25) is 5.75 Å². The first kappa shape index (κ1) is 28.5. The van der Waals surface area contributed by atoms with Crippen LogP contribution in [0, 0.1) is 0 Å². The molecule has 0 saturated carbocycles. The van der Waals surface area contributed by atoms with E-state index in [4.69, 9.17) is 18.6 Å². The summed E-state index contributed by atoms with van der Waals surface area (Å²) in [6, 6.07) is 5.44. The standard InChI is InChI=1S/C30H44O5/c1-6-7-8-9-10-11-12-13-20-34-29-28(32-5)26-18-17-25(22-27(26)35-30(29)31)33-21-19-24(4)16-14-15-23(2)3/h15,17-19,22H,6-14,16,20-21H2,1-5H3. The van der Waals surface area contributed by atoms with Gasteiger partial charge in [-0.25, -0.2) is 4.79 Å². The highest BCUT2D eigenvalue weighted by Gasteiger charge is 2.17. The molecule has 5 heteroatoms. The SMILES string of the molecule is CCCCCCCCCCOc1c(OC)c2ccc(OCC=C(C)CCC=C(C)C)cc2oc1=O. The molecule has 0 fully saturated rings. The summed E-state index contributed by atoms with van der Waals surface area (Å²) in [7, 11) is 1.55. The van der Waals surface area contributed by atoms with Crippen LogP contribution in [-0.2, 0) is 0 Å². The highest BCUT2D eigenvalue weighted by Crippen LogP contribution is 2.34. The summed E-state index contributed by atoms with van der Waals surface area (Å²) in [4.78, 5) is 12.6. The van der Waals surface area contributed by atoms with Gasteiger partial charge in [0, 0.05) is 6.07 Å². The molecule has 2 rings (SSSR count). The number of ether oxygens (including phenoxy) is 3. The molecule has 0 saturated heterocycles. The van der Waals surface area contributed by atoms with Crippen molar-refractivity contribution in [3.05, 3.63) is 51.9 Å². The van der Waals surface area contributed by atoms with Crippen LogP contribution in [0.4, 0.5) is 0 Å². The molecule has 0 aliphatic carbocycles. The van der Waals surface area contributed by atoms with Gasteiger partial charge in [0.25, 0.3) is 0 Å². The molecular weight excluding hydrogens is 440 g/mol. The Bertz CT molecular complexity index is 1010. The van der Waals surface area contributed by atoms with Crippen LogP contribution in [0.25, 0.3) is 11.0 Å². The molecule has 0 bridgehead atoms. The average molecular weight is 485 g/mol. The van der Waals surface area contributed by atoms with Gasteiger partial charge in [0.05, 0.1) is 19.1 Å². The molecule has 0 radical (unpaired) electrons. The number of methoxy groups -OCH3 is 1. The van der Waals surface area contributed by atoms with Gasteiger partial charge in [0.1, 0.15) is 17.9 Å². The van der Waals surface area contributed by atoms with Crippen molar-refractivity contribution in [2.24, 2.45) is 0 Å². The minimum Gasteiger partial charge on any atom is -0.492 e. The van der Waals surface area contributed by atoms with Crippen molar-refractivity contribution < 1.29 is 18.6 Å². The van der Waals surface area contributed by atoms with Gasteiger partial charge in [-0.05, 0) is 58.2 Å². The van der Waals surface area contributed by atoms with Crippen molar-refractivity contribution in [1.29, 1.82) is 0 Å². The Morgan fingerprint density at radius 3 is 2.31 bits per heavy atom. The van der Waals surface area contributed by atoms with Crippen LogP contribution < -0.4 is 19.8 Å². The van der Waals surface area contributed by atoms with Gasteiger partial charge in [0.15, 0.2) is 5.75 Å². The largest absolute Gasteiger partial charge is 0.492 e. The summed E-state index contributed by atoms with van der Waals surface area (Å²) in [5.74, 6) is 1.20. The lowest BCUT2D eigenvalue weighted by Gasteiger charge is -2.12. The topological polar surface area (TPSA) is 57.9 Å². The molecular formula is C30H44O5. The second-order valence-electron chi connectivity index (χ2n) is 9.41. The molecule has 0 atom stereocenters. The van der Waals surface area contributed by atoms with E-state index in [-0.39, 0.29) is 5.75 Å². The summed E-state index contributed by atoms with van der Waals surface area (Å²) >= 11 is 0. The highest BCUT2D eigenvalue weighted by atomic mass is 16.5. The van der Waals surface area contributed by atoms with Gasteiger partial charge in [-0.2, -0.15) is 0 Å². The third kappa shape index (κ3) is 10.2. The number of allylic oxidation sites excluding steroid dienone is 3. The summed E-state index contributed by atoms with van der Waals surface area (Å²) in [5.41, 5.74) is 2.52. The van der Waals surface area contributed by atoms with Crippen molar-refractivity contribution in [3.8, 4) is 17.2 Å². The first-order chi connectivity index (χ1) is 17.0. The number of hydrogen-bond acceptors (Lipinski definition) is 5. The van der Waals surface area contributed by atoms with E-state index in [1.165, 1.54) is 49.7 Å². The van der Waals surface area contributed by atoms with Crippen molar-refractivity contribution in [2.75, 3.05) is 20.3 Å². The molecule has 2 aromatic rings. The zero-order valence-corrected chi connectivity index (χ0v) is 22.4. The third-order valence-electron chi connectivity index (χ3n) is 6.01. The van der Waals surface area contributed by atoms with Gasteiger partial charge in [-0.15, -0.1) is 0 Å². The molecule has 1 heterocycles. The summed E-state index contributed by atoms with van der Waals surface area (Å²) in [5, 5.41) is 0.693. The molecule has 194 valence electrons. The Kier molecular flexibility index (Phi) is 13.1. The molecule has 35 heavy (non-hydrogen) atoms. The van der Waals surface area contributed by atoms with Crippen molar-refractivity contribution in [2.45, 2.75) is 91.9 Å². The zero-order chi connectivity index (χ0) is 25.5. The van der Waals surface area contributed by atoms with Crippen LogP contribution in [0.15, 0.2) is 50.7 Å². The molecule has 0 unspecified atom stereocenters. The maximum Gasteiger partial charge on any atom is 0.383 e. The van der Waals surface area contributed by atoms with Gasteiger partial charge >= 0.3 is 5.63 Å². The Morgan fingerprint density at radius 1 is 0.914 bits per heavy atom. The monoisotopic (exact) mass is 484 g/mol.